The Kier molecular flexibility index (Phi) is 5.78. The van der Waals surface area contributed by atoms with Gasteiger partial charge in [-0.05, 0) is 57.5 Å². The Hall–Kier alpha value is -3.57. The first-order valence-electron chi connectivity index (χ1n) is 10.2. The first-order chi connectivity index (χ1) is 15.9. The fourth-order valence-corrected chi connectivity index (χ4v) is 4.92. The van der Waals surface area contributed by atoms with Crippen molar-refractivity contribution in [2.75, 3.05) is 0 Å². The maximum absolute atomic E-state index is 14.3. The quantitative estimate of drug-likeness (QED) is 0.439. The largest absolute Gasteiger partial charge is 0.435 e. The molecule has 0 aliphatic carbocycles. The summed E-state index contributed by atoms with van der Waals surface area (Å²) in [5.41, 5.74) is 0.459. The molecule has 0 amide bonds. The number of nitrogens with zero attached hydrogens (tertiary/aromatic N) is 2. The molecule has 0 fully saturated rings. The van der Waals surface area contributed by atoms with E-state index < -0.39 is 27.2 Å². The Labute approximate surface area is 194 Å². The van der Waals surface area contributed by atoms with Crippen LogP contribution in [0.5, 0.6) is 11.6 Å². The molecule has 4 rings (SSSR count). The summed E-state index contributed by atoms with van der Waals surface area (Å²) >= 11 is 0. The fraction of sp³-hybridized carbons (Fsp3) is 0.217. The van der Waals surface area contributed by atoms with Crippen LogP contribution in [0.2, 0.25) is 0 Å². The van der Waals surface area contributed by atoms with E-state index in [4.69, 9.17) is 4.74 Å². The Morgan fingerprint density at radius 3 is 2.56 bits per heavy atom. The highest BCUT2D eigenvalue weighted by Gasteiger charge is 2.25. The molecule has 2 N–H and O–H groups in total. The van der Waals surface area contributed by atoms with E-state index in [1.165, 1.54) is 12.3 Å². The molecule has 0 spiro atoms. The van der Waals surface area contributed by atoms with E-state index >= 15 is 0 Å². The molecule has 0 atom stereocenters. The van der Waals surface area contributed by atoms with Gasteiger partial charge in [-0.15, -0.1) is 0 Å². The van der Waals surface area contributed by atoms with Crippen LogP contribution in [0.1, 0.15) is 26.3 Å². The average Bonchev–Trinajstić information content (AvgIpc) is 3.06. The van der Waals surface area contributed by atoms with Crippen LogP contribution < -0.4 is 15.0 Å². The molecular formula is C23H22F2N4O4S. The molecule has 0 radical (unpaired) electrons. The summed E-state index contributed by atoms with van der Waals surface area (Å²) in [4.78, 5) is 19.0. The van der Waals surface area contributed by atoms with Crippen molar-refractivity contribution in [3.63, 3.8) is 0 Å². The fourth-order valence-electron chi connectivity index (χ4n) is 3.53. The molecule has 3 heterocycles. The molecule has 0 bridgehead atoms. The van der Waals surface area contributed by atoms with Gasteiger partial charge < -0.3 is 14.1 Å². The molecular weight excluding hydrogens is 466 g/mol. The van der Waals surface area contributed by atoms with Crippen LogP contribution in [0.25, 0.3) is 16.8 Å². The molecule has 0 saturated heterocycles. The van der Waals surface area contributed by atoms with Crippen LogP contribution in [0, 0.1) is 18.6 Å². The lowest BCUT2D eigenvalue weighted by atomic mass is 10.1. The van der Waals surface area contributed by atoms with Gasteiger partial charge in [-0.1, -0.05) is 0 Å². The zero-order chi connectivity index (χ0) is 24.8. The van der Waals surface area contributed by atoms with Gasteiger partial charge in [0.05, 0.1) is 17.5 Å². The summed E-state index contributed by atoms with van der Waals surface area (Å²) in [7, 11) is -3.98. The number of sulfonamides is 1. The number of benzene rings is 1. The standard InChI is InChI=1S/C23H22F2N4O4S/c1-13-9-18(29-8-7-26-21(30)20(13)29)16-11-15(34(31,32)28-23(2,3)4)12-27-22(16)33-19-6-5-14(24)10-17(19)25/h5-12,28H,1-4H3,(H,26,30). The van der Waals surface area contributed by atoms with Crippen molar-refractivity contribution in [2.24, 2.45) is 0 Å². The van der Waals surface area contributed by atoms with E-state index in [9.17, 15) is 22.0 Å². The second-order valence-electron chi connectivity index (χ2n) is 8.78. The third-order valence-electron chi connectivity index (χ3n) is 4.83. The van der Waals surface area contributed by atoms with E-state index in [1.54, 1.807) is 44.4 Å². The number of nitrogens with one attached hydrogen (secondary N) is 2. The van der Waals surface area contributed by atoms with Gasteiger partial charge in [0.25, 0.3) is 5.56 Å². The second kappa shape index (κ2) is 8.33. The molecule has 0 unspecified atom stereocenters. The molecule has 0 saturated carbocycles. The molecule has 178 valence electrons. The number of pyridine rings is 1. The Balaban J connectivity index is 1.95. The predicted molar refractivity (Wildman–Crippen MR) is 122 cm³/mol. The summed E-state index contributed by atoms with van der Waals surface area (Å²) in [6.07, 6.45) is 4.12. The van der Waals surface area contributed by atoms with Crippen molar-refractivity contribution in [3.05, 3.63) is 76.5 Å². The Bertz CT molecular complexity index is 1570. The van der Waals surface area contributed by atoms with Crippen LogP contribution >= 0.6 is 0 Å². The number of fused-ring (bicyclic) bond motifs is 1. The minimum atomic E-state index is -3.98. The third-order valence-corrected chi connectivity index (χ3v) is 6.56. The van der Waals surface area contributed by atoms with Gasteiger partial charge in [-0.3, -0.25) is 4.79 Å². The maximum atomic E-state index is 14.3. The third kappa shape index (κ3) is 4.57. The van der Waals surface area contributed by atoms with Gasteiger partial charge in [-0.2, -0.15) is 0 Å². The van der Waals surface area contributed by atoms with Crippen LogP contribution in [-0.4, -0.2) is 28.3 Å². The lowest BCUT2D eigenvalue weighted by Gasteiger charge is -2.21. The smallest absolute Gasteiger partial charge is 0.272 e. The minimum absolute atomic E-state index is 0.125. The number of hydrogen-bond acceptors (Lipinski definition) is 5. The van der Waals surface area contributed by atoms with Crippen molar-refractivity contribution in [3.8, 4) is 22.9 Å². The first kappa shape index (κ1) is 23.6. The van der Waals surface area contributed by atoms with Crippen LogP contribution in [0.4, 0.5) is 8.78 Å². The lowest BCUT2D eigenvalue weighted by molar-refractivity contribution is 0.424. The highest BCUT2D eigenvalue weighted by atomic mass is 32.2. The molecule has 8 nitrogen and oxygen atoms in total. The number of rotatable bonds is 5. The zero-order valence-electron chi connectivity index (χ0n) is 18.8. The van der Waals surface area contributed by atoms with Crippen LogP contribution in [-0.2, 0) is 10.0 Å². The molecule has 1 aromatic carbocycles. The van der Waals surface area contributed by atoms with Gasteiger partial charge in [0, 0.05) is 24.0 Å². The first-order valence-corrected chi connectivity index (χ1v) is 11.7. The molecule has 34 heavy (non-hydrogen) atoms. The van der Waals surface area contributed by atoms with Crippen molar-refractivity contribution in [1.82, 2.24) is 19.1 Å². The lowest BCUT2D eigenvalue weighted by Crippen LogP contribution is -2.40. The normalized spacial score (nSPS) is 12.3. The number of halogens is 2. The van der Waals surface area contributed by atoms with E-state index in [0.29, 0.717) is 22.8 Å². The molecule has 3 aromatic heterocycles. The number of aromatic nitrogens is 3. The zero-order valence-corrected chi connectivity index (χ0v) is 19.6. The predicted octanol–water partition coefficient (Wildman–Crippen LogP) is 4.15. The van der Waals surface area contributed by atoms with E-state index in [0.717, 1.165) is 18.3 Å². The van der Waals surface area contributed by atoms with Gasteiger partial charge in [0.1, 0.15) is 16.2 Å². The van der Waals surface area contributed by atoms with Gasteiger partial charge >= 0.3 is 0 Å². The SMILES string of the molecule is Cc1cc(-c2cc(S(=O)(=O)NC(C)(C)C)cnc2Oc2ccc(F)cc2F)n2cc[nH]c(=O)c12. The number of H-pyrrole nitrogens is 1. The highest BCUT2D eigenvalue weighted by Crippen LogP contribution is 2.36. The minimum Gasteiger partial charge on any atom is -0.435 e. The van der Waals surface area contributed by atoms with Gasteiger partial charge in [0.2, 0.25) is 15.9 Å². The van der Waals surface area contributed by atoms with Gasteiger partial charge in [-0.25, -0.2) is 26.9 Å². The van der Waals surface area contributed by atoms with Crippen LogP contribution in [0.3, 0.4) is 0 Å². The topological polar surface area (TPSA) is 106 Å². The average molecular weight is 489 g/mol. The van der Waals surface area contributed by atoms with E-state index in [2.05, 4.69) is 14.7 Å². The monoisotopic (exact) mass is 488 g/mol. The summed E-state index contributed by atoms with van der Waals surface area (Å²) in [6, 6.07) is 5.80. The van der Waals surface area contributed by atoms with Crippen molar-refractivity contribution in [2.45, 2.75) is 38.1 Å². The Morgan fingerprint density at radius 1 is 1.15 bits per heavy atom. The number of ether oxygens (including phenoxy) is 1. The summed E-state index contributed by atoms with van der Waals surface area (Å²) in [5, 5.41) is 0. The highest BCUT2D eigenvalue weighted by molar-refractivity contribution is 7.89. The number of hydrogen-bond donors (Lipinski definition) is 2. The summed E-state index contributed by atoms with van der Waals surface area (Å²) < 4.78 is 63.3. The molecule has 4 aromatic rings. The van der Waals surface area contributed by atoms with Crippen molar-refractivity contribution >= 4 is 15.5 Å². The maximum Gasteiger partial charge on any atom is 0.272 e. The van der Waals surface area contributed by atoms with Gasteiger partial charge in [0.15, 0.2) is 11.6 Å². The van der Waals surface area contributed by atoms with E-state index in [1.807, 2.05) is 0 Å². The Morgan fingerprint density at radius 2 is 1.88 bits per heavy atom. The van der Waals surface area contributed by atoms with E-state index in [-0.39, 0.29) is 27.6 Å². The number of aryl methyl sites for hydroxylation is 1. The number of aromatic amines is 1. The van der Waals surface area contributed by atoms with Crippen LogP contribution in [0.15, 0.2) is 58.6 Å². The molecule has 11 heteroatoms. The van der Waals surface area contributed by atoms with Crippen molar-refractivity contribution in [1.29, 1.82) is 0 Å². The molecule has 0 aliphatic heterocycles. The molecule has 0 aliphatic rings. The summed E-state index contributed by atoms with van der Waals surface area (Å²) in [5.74, 6) is -2.15. The van der Waals surface area contributed by atoms with Crippen molar-refractivity contribution < 1.29 is 21.9 Å². The second-order valence-corrected chi connectivity index (χ2v) is 10.5. The summed E-state index contributed by atoms with van der Waals surface area (Å²) in [6.45, 7) is 6.82.